The van der Waals surface area contributed by atoms with E-state index in [0.717, 1.165) is 12.8 Å². The number of carbonyl (C=O) groups is 2. The molecule has 1 unspecified atom stereocenters. The van der Waals surface area contributed by atoms with E-state index in [-0.39, 0.29) is 17.7 Å². The van der Waals surface area contributed by atoms with Gasteiger partial charge in [-0.2, -0.15) is 0 Å². The average molecular weight is 340 g/mol. The number of rotatable bonds is 1. The number of hydrogen-bond donors (Lipinski definition) is 1. The van der Waals surface area contributed by atoms with E-state index in [2.05, 4.69) is 22.4 Å². The largest absolute Gasteiger partial charge is 0.349 e. The minimum absolute atomic E-state index is 0.0245. The van der Waals surface area contributed by atoms with Gasteiger partial charge < -0.3 is 9.80 Å². The van der Waals surface area contributed by atoms with Crippen molar-refractivity contribution < 1.29 is 9.59 Å². The van der Waals surface area contributed by atoms with Crippen molar-refractivity contribution in [3.05, 3.63) is 35.4 Å². The second kappa shape index (κ2) is 5.86. The lowest BCUT2D eigenvalue weighted by atomic mass is 9.87. The zero-order chi connectivity index (χ0) is 17.6. The molecule has 6 nitrogen and oxygen atoms in total. The summed E-state index contributed by atoms with van der Waals surface area (Å²) in [5.74, 6) is 0.766. The molecule has 2 heterocycles. The van der Waals surface area contributed by atoms with Crippen molar-refractivity contribution >= 4 is 17.8 Å². The fourth-order valence-electron chi connectivity index (χ4n) is 4.18. The topological polar surface area (TPSA) is 65.0 Å². The quantitative estimate of drug-likeness (QED) is 0.833. The number of carbonyl (C=O) groups excluding carboxylic acids is 2. The van der Waals surface area contributed by atoms with Gasteiger partial charge in [-0.05, 0) is 36.8 Å². The van der Waals surface area contributed by atoms with Crippen molar-refractivity contribution in [2.45, 2.75) is 37.1 Å². The minimum Gasteiger partial charge on any atom is -0.349 e. The highest BCUT2D eigenvalue weighted by Gasteiger charge is 2.47. The lowest BCUT2D eigenvalue weighted by molar-refractivity contribution is -0.136. The molecule has 2 amide bonds. The van der Waals surface area contributed by atoms with Crippen LogP contribution in [0.15, 0.2) is 29.3 Å². The molecule has 0 radical (unpaired) electrons. The van der Waals surface area contributed by atoms with Gasteiger partial charge in [-0.1, -0.05) is 24.3 Å². The van der Waals surface area contributed by atoms with Crippen LogP contribution in [0.5, 0.6) is 0 Å². The zero-order valence-corrected chi connectivity index (χ0v) is 14.8. The third-order valence-corrected chi connectivity index (χ3v) is 5.72. The highest BCUT2D eigenvalue weighted by molar-refractivity contribution is 6.07. The van der Waals surface area contributed by atoms with E-state index in [1.54, 1.807) is 0 Å². The van der Waals surface area contributed by atoms with Gasteiger partial charge in [0.15, 0.2) is 0 Å². The van der Waals surface area contributed by atoms with Crippen LogP contribution in [0.2, 0.25) is 0 Å². The summed E-state index contributed by atoms with van der Waals surface area (Å²) in [7, 11) is 3.74. The number of nitrogens with zero attached hydrogens (tertiary/aromatic N) is 3. The Hall–Kier alpha value is -2.37. The first-order valence-electron chi connectivity index (χ1n) is 8.95. The molecule has 6 heteroatoms. The zero-order valence-electron chi connectivity index (χ0n) is 14.8. The van der Waals surface area contributed by atoms with Crippen molar-refractivity contribution in [2.75, 3.05) is 27.2 Å². The molecular weight excluding hydrogens is 316 g/mol. The standard InChI is InChI=1S/C19H24N4O2/c1-22(2)18-20-17(25)19(21-18)9-11-23(12-10-19)16(24)15-8-7-13-5-3-4-6-14(13)15/h3-6,15H,7-12H2,1-2H3,(H,20,21,25). The van der Waals surface area contributed by atoms with E-state index in [4.69, 9.17) is 0 Å². The van der Waals surface area contributed by atoms with E-state index in [9.17, 15) is 9.59 Å². The van der Waals surface area contributed by atoms with E-state index in [0.29, 0.717) is 31.9 Å². The van der Waals surface area contributed by atoms with E-state index in [1.165, 1.54) is 11.1 Å². The van der Waals surface area contributed by atoms with Crippen molar-refractivity contribution in [2.24, 2.45) is 4.99 Å². The van der Waals surface area contributed by atoms with Crippen LogP contribution in [0.1, 0.15) is 36.3 Å². The molecule has 1 N–H and O–H groups in total. The maximum atomic E-state index is 13.0. The molecule has 1 aromatic rings. The summed E-state index contributed by atoms with van der Waals surface area (Å²) in [4.78, 5) is 33.8. The van der Waals surface area contributed by atoms with Crippen molar-refractivity contribution in [3.63, 3.8) is 0 Å². The van der Waals surface area contributed by atoms with Crippen LogP contribution in [0.25, 0.3) is 0 Å². The summed E-state index contributed by atoms with van der Waals surface area (Å²) < 4.78 is 0. The Balaban J connectivity index is 1.46. The van der Waals surface area contributed by atoms with Crippen LogP contribution in [-0.4, -0.2) is 60.3 Å². The van der Waals surface area contributed by atoms with Gasteiger partial charge in [-0.15, -0.1) is 0 Å². The molecule has 0 bridgehead atoms. The number of amides is 2. The number of likely N-dealkylation sites (tertiary alicyclic amines) is 1. The van der Waals surface area contributed by atoms with Gasteiger partial charge in [0, 0.05) is 27.2 Å². The first-order chi connectivity index (χ1) is 12.0. The molecule has 132 valence electrons. The Morgan fingerprint density at radius 3 is 2.68 bits per heavy atom. The van der Waals surface area contributed by atoms with Gasteiger partial charge in [0.05, 0.1) is 5.92 Å². The monoisotopic (exact) mass is 340 g/mol. The Morgan fingerprint density at radius 1 is 1.28 bits per heavy atom. The molecule has 1 aliphatic carbocycles. The summed E-state index contributed by atoms with van der Waals surface area (Å²) in [5.41, 5.74) is 1.79. The van der Waals surface area contributed by atoms with Crippen LogP contribution < -0.4 is 5.32 Å². The van der Waals surface area contributed by atoms with E-state index in [1.807, 2.05) is 36.0 Å². The fraction of sp³-hybridized carbons (Fsp3) is 0.526. The Kier molecular flexibility index (Phi) is 3.78. The van der Waals surface area contributed by atoms with Crippen molar-refractivity contribution in [1.82, 2.24) is 15.1 Å². The fourth-order valence-corrected chi connectivity index (χ4v) is 4.18. The molecule has 0 saturated carbocycles. The summed E-state index contributed by atoms with van der Waals surface area (Å²) in [6.45, 7) is 1.18. The smallest absolute Gasteiger partial charge is 0.254 e. The molecule has 1 saturated heterocycles. The van der Waals surface area contributed by atoms with Crippen molar-refractivity contribution in [1.29, 1.82) is 0 Å². The van der Waals surface area contributed by atoms with Gasteiger partial charge in [0.25, 0.3) is 5.91 Å². The molecule has 1 fully saturated rings. The maximum Gasteiger partial charge on any atom is 0.254 e. The summed E-state index contributed by atoms with van der Waals surface area (Å²) in [6.07, 6.45) is 3.05. The number of aliphatic imine (C=N–C) groups is 1. The van der Waals surface area contributed by atoms with E-state index >= 15 is 0 Å². The number of hydrogen-bond acceptors (Lipinski definition) is 4. The number of nitrogens with one attached hydrogen (secondary N) is 1. The lowest BCUT2D eigenvalue weighted by Gasteiger charge is -2.36. The van der Waals surface area contributed by atoms with Crippen LogP contribution >= 0.6 is 0 Å². The first kappa shape index (κ1) is 16.1. The molecule has 2 aliphatic heterocycles. The van der Waals surface area contributed by atoms with Gasteiger partial charge in [-0.3, -0.25) is 14.9 Å². The third-order valence-electron chi connectivity index (χ3n) is 5.72. The molecule has 4 rings (SSSR count). The number of fused-ring (bicyclic) bond motifs is 1. The molecule has 1 spiro atoms. The Labute approximate surface area is 147 Å². The molecular formula is C19H24N4O2. The van der Waals surface area contributed by atoms with Gasteiger partial charge >= 0.3 is 0 Å². The van der Waals surface area contributed by atoms with Gasteiger partial charge in [-0.25, -0.2) is 4.99 Å². The second-order valence-electron chi connectivity index (χ2n) is 7.43. The maximum absolute atomic E-state index is 13.0. The molecule has 1 aromatic carbocycles. The number of guanidine groups is 1. The summed E-state index contributed by atoms with van der Waals surface area (Å²) in [5, 5.41) is 2.86. The second-order valence-corrected chi connectivity index (χ2v) is 7.43. The lowest BCUT2D eigenvalue weighted by Crippen LogP contribution is -2.51. The van der Waals surface area contributed by atoms with Crippen LogP contribution in [-0.2, 0) is 16.0 Å². The SMILES string of the molecule is CN(C)C1=NC2(CCN(C(=O)C3CCc4ccccc43)CC2)C(=O)N1. The van der Waals surface area contributed by atoms with Crippen LogP contribution in [0, 0.1) is 0 Å². The first-order valence-corrected chi connectivity index (χ1v) is 8.95. The molecule has 25 heavy (non-hydrogen) atoms. The van der Waals surface area contributed by atoms with Crippen LogP contribution in [0.4, 0.5) is 0 Å². The number of aryl methyl sites for hydroxylation is 1. The number of benzene rings is 1. The molecule has 1 atom stereocenters. The molecule has 3 aliphatic rings. The predicted octanol–water partition coefficient (Wildman–Crippen LogP) is 1.12. The third kappa shape index (κ3) is 2.60. The number of piperidine rings is 1. The average Bonchev–Trinajstić information content (AvgIpc) is 3.17. The van der Waals surface area contributed by atoms with E-state index < -0.39 is 5.54 Å². The van der Waals surface area contributed by atoms with Gasteiger partial charge in [0.1, 0.15) is 5.54 Å². The van der Waals surface area contributed by atoms with Gasteiger partial charge in [0.2, 0.25) is 11.9 Å². The van der Waals surface area contributed by atoms with Crippen molar-refractivity contribution in [3.8, 4) is 0 Å². The highest BCUT2D eigenvalue weighted by atomic mass is 16.2. The Morgan fingerprint density at radius 2 is 2.00 bits per heavy atom. The summed E-state index contributed by atoms with van der Waals surface area (Å²) >= 11 is 0. The Bertz CT molecular complexity index is 748. The normalized spacial score (nSPS) is 24.1. The minimum atomic E-state index is -0.691. The van der Waals surface area contributed by atoms with Crippen LogP contribution in [0.3, 0.4) is 0 Å². The highest BCUT2D eigenvalue weighted by Crippen LogP contribution is 2.36. The molecule has 0 aromatic heterocycles. The summed E-state index contributed by atoms with van der Waals surface area (Å²) in [6, 6.07) is 8.24. The predicted molar refractivity (Wildman–Crippen MR) is 95.3 cm³/mol.